The lowest BCUT2D eigenvalue weighted by Crippen LogP contribution is -2.50. The number of sulfonamides is 1. The van der Waals surface area contributed by atoms with Crippen molar-refractivity contribution in [1.29, 1.82) is 0 Å². The molecule has 0 atom stereocenters. The zero-order valence-electron chi connectivity index (χ0n) is 16.4. The quantitative estimate of drug-likeness (QED) is 0.782. The van der Waals surface area contributed by atoms with Gasteiger partial charge in [0.25, 0.3) is 0 Å². The molecule has 4 rings (SSSR count). The predicted octanol–water partition coefficient (Wildman–Crippen LogP) is 2.76. The van der Waals surface area contributed by atoms with E-state index in [9.17, 15) is 12.8 Å². The van der Waals surface area contributed by atoms with E-state index >= 15 is 0 Å². The van der Waals surface area contributed by atoms with Gasteiger partial charge in [0.1, 0.15) is 11.6 Å². The van der Waals surface area contributed by atoms with Gasteiger partial charge in [-0.05, 0) is 48.7 Å². The molecule has 2 aliphatic rings. The fourth-order valence-corrected chi connectivity index (χ4v) is 5.19. The highest BCUT2D eigenvalue weighted by molar-refractivity contribution is 7.89. The van der Waals surface area contributed by atoms with E-state index in [0.29, 0.717) is 0 Å². The Labute approximate surface area is 171 Å². The Morgan fingerprint density at radius 1 is 1.00 bits per heavy atom. The van der Waals surface area contributed by atoms with Crippen LogP contribution >= 0.6 is 0 Å². The Hall–Kier alpha value is -2.03. The summed E-state index contributed by atoms with van der Waals surface area (Å²) in [6, 6.07) is 9.40. The van der Waals surface area contributed by atoms with E-state index in [1.54, 1.807) is 6.20 Å². The van der Waals surface area contributed by atoms with Crippen LogP contribution in [0.15, 0.2) is 47.5 Å². The number of rotatable bonds is 6. The Balaban J connectivity index is 1.31. The number of nitrogens with one attached hydrogen (secondary N) is 1. The molecular formula is C21H27FN4O2S. The maximum Gasteiger partial charge on any atom is 0.240 e. The number of piperazine rings is 1. The van der Waals surface area contributed by atoms with E-state index in [4.69, 9.17) is 0 Å². The second-order valence-corrected chi connectivity index (χ2v) is 9.53. The molecule has 1 aromatic carbocycles. The zero-order chi connectivity index (χ0) is 20.3. The van der Waals surface area contributed by atoms with Gasteiger partial charge in [0.05, 0.1) is 4.90 Å². The highest BCUT2D eigenvalue weighted by Crippen LogP contribution is 2.25. The lowest BCUT2D eigenvalue weighted by molar-refractivity contribution is 0.187. The molecular weight excluding hydrogens is 391 g/mol. The summed E-state index contributed by atoms with van der Waals surface area (Å²) in [5, 5.41) is 0. The third kappa shape index (κ3) is 4.94. The average Bonchev–Trinajstić information content (AvgIpc) is 3.28. The van der Waals surface area contributed by atoms with E-state index in [1.807, 2.05) is 12.1 Å². The van der Waals surface area contributed by atoms with Crippen molar-refractivity contribution in [1.82, 2.24) is 14.6 Å². The molecule has 29 heavy (non-hydrogen) atoms. The summed E-state index contributed by atoms with van der Waals surface area (Å²) in [4.78, 5) is 9.48. The smallest absolute Gasteiger partial charge is 0.240 e. The second kappa shape index (κ2) is 8.77. The number of halogens is 1. The molecule has 156 valence electrons. The molecule has 0 spiro atoms. The molecule has 0 bridgehead atoms. The third-order valence-corrected chi connectivity index (χ3v) is 7.30. The van der Waals surface area contributed by atoms with Gasteiger partial charge in [0.15, 0.2) is 0 Å². The number of nitrogens with zero attached hydrogens (tertiary/aromatic N) is 3. The van der Waals surface area contributed by atoms with Crippen molar-refractivity contribution in [2.45, 2.75) is 43.2 Å². The number of hydrogen-bond donors (Lipinski definition) is 1. The molecule has 0 radical (unpaired) electrons. The fraction of sp³-hybridized carbons (Fsp3) is 0.476. The molecule has 2 aromatic rings. The monoisotopic (exact) mass is 418 g/mol. The van der Waals surface area contributed by atoms with E-state index in [-0.39, 0.29) is 11.4 Å². The van der Waals surface area contributed by atoms with Crippen LogP contribution in [0.2, 0.25) is 0 Å². The van der Waals surface area contributed by atoms with E-state index in [2.05, 4.69) is 19.5 Å². The van der Waals surface area contributed by atoms with Crippen LogP contribution in [0.4, 0.5) is 10.2 Å². The van der Waals surface area contributed by atoms with Gasteiger partial charge in [-0.15, -0.1) is 0 Å². The Morgan fingerprint density at radius 3 is 2.31 bits per heavy atom. The van der Waals surface area contributed by atoms with Crippen LogP contribution in [0, 0.1) is 5.82 Å². The minimum absolute atomic E-state index is 0.0450. The van der Waals surface area contributed by atoms with Gasteiger partial charge in [0, 0.05) is 45.0 Å². The van der Waals surface area contributed by atoms with Crippen molar-refractivity contribution in [2.24, 2.45) is 0 Å². The van der Waals surface area contributed by atoms with E-state index < -0.39 is 15.8 Å². The van der Waals surface area contributed by atoms with Gasteiger partial charge in [0.2, 0.25) is 10.0 Å². The van der Waals surface area contributed by atoms with Gasteiger partial charge in [-0.3, -0.25) is 4.90 Å². The topological polar surface area (TPSA) is 65.5 Å². The molecule has 0 amide bonds. The molecule has 1 aromatic heterocycles. The van der Waals surface area contributed by atoms with Gasteiger partial charge in [-0.25, -0.2) is 22.5 Å². The summed E-state index contributed by atoms with van der Waals surface area (Å²) in [6.07, 6.45) is 7.10. The number of pyridine rings is 1. The minimum atomic E-state index is -3.68. The number of hydrogen-bond acceptors (Lipinski definition) is 5. The highest BCUT2D eigenvalue weighted by atomic mass is 32.2. The minimum Gasteiger partial charge on any atom is -0.354 e. The van der Waals surface area contributed by atoms with Crippen molar-refractivity contribution in [2.75, 3.05) is 31.1 Å². The van der Waals surface area contributed by atoms with Crippen molar-refractivity contribution >= 4 is 15.8 Å². The van der Waals surface area contributed by atoms with Crippen LogP contribution in [0.1, 0.15) is 31.2 Å². The van der Waals surface area contributed by atoms with Gasteiger partial charge in [-0.1, -0.05) is 18.9 Å². The SMILES string of the molecule is O=S(=O)(NCc1ccc(N2CCN(C3CCCC3)CC2)nc1)c1ccc(F)cc1. The van der Waals surface area contributed by atoms with Gasteiger partial charge in [-0.2, -0.15) is 0 Å². The first-order chi connectivity index (χ1) is 14.0. The molecule has 1 aliphatic heterocycles. The molecule has 6 nitrogen and oxygen atoms in total. The second-order valence-electron chi connectivity index (χ2n) is 7.76. The van der Waals surface area contributed by atoms with Crippen molar-refractivity contribution in [3.63, 3.8) is 0 Å². The van der Waals surface area contributed by atoms with E-state index in [1.165, 1.54) is 37.8 Å². The van der Waals surface area contributed by atoms with Crippen LogP contribution in [-0.2, 0) is 16.6 Å². The number of benzene rings is 1. The normalized spacial score (nSPS) is 19.0. The van der Waals surface area contributed by atoms with Crippen LogP contribution in [0.25, 0.3) is 0 Å². The maximum atomic E-state index is 13.0. The summed E-state index contributed by atoms with van der Waals surface area (Å²) in [7, 11) is -3.68. The van der Waals surface area contributed by atoms with Crippen molar-refractivity contribution in [3.8, 4) is 0 Å². The Morgan fingerprint density at radius 2 is 1.69 bits per heavy atom. The first-order valence-electron chi connectivity index (χ1n) is 10.2. The van der Waals surface area contributed by atoms with Crippen LogP contribution < -0.4 is 9.62 Å². The summed E-state index contributed by atoms with van der Waals surface area (Å²) in [5.41, 5.74) is 0.782. The van der Waals surface area contributed by atoms with E-state index in [0.717, 1.165) is 55.7 Å². The maximum absolute atomic E-state index is 13.0. The zero-order valence-corrected chi connectivity index (χ0v) is 17.2. The summed E-state index contributed by atoms with van der Waals surface area (Å²) in [6.45, 7) is 4.24. The largest absolute Gasteiger partial charge is 0.354 e. The molecule has 2 heterocycles. The Bertz CT molecular complexity index is 905. The van der Waals surface area contributed by atoms with Crippen molar-refractivity contribution in [3.05, 3.63) is 54.0 Å². The molecule has 1 saturated carbocycles. The summed E-state index contributed by atoms with van der Waals surface area (Å²) >= 11 is 0. The van der Waals surface area contributed by atoms with Crippen LogP contribution in [-0.4, -0.2) is 50.5 Å². The highest BCUT2D eigenvalue weighted by Gasteiger charge is 2.26. The lowest BCUT2D eigenvalue weighted by atomic mass is 10.2. The lowest BCUT2D eigenvalue weighted by Gasteiger charge is -2.38. The third-order valence-electron chi connectivity index (χ3n) is 5.88. The number of aromatic nitrogens is 1. The standard InChI is InChI=1S/C21H27FN4O2S/c22-18-6-8-20(9-7-18)29(27,28)24-16-17-5-10-21(23-15-17)26-13-11-25(12-14-26)19-3-1-2-4-19/h5-10,15,19,24H,1-4,11-14,16H2. The fourth-order valence-electron chi connectivity index (χ4n) is 4.17. The molecule has 0 unspecified atom stereocenters. The molecule has 8 heteroatoms. The summed E-state index contributed by atoms with van der Waals surface area (Å²) in [5.74, 6) is 0.467. The molecule has 2 fully saturated rings. The first kappa shape index (κ1) is 20.3. The van der Waals surface area contributed by atoms with Crippen molar-refractivity contribution < 1.29 is 12.8 Å². The molecule has 1 saturated heterocycles. The van der Waals surface area contributed by atoms with Gasteiger partial charge < -0.3 is 4.90 Å². The number of anilines is 1. The van der Waals surface area contributed by atoms with Crippen LogP contribution in [0.5, 0.6) is 0 Å². The molecule has 1 N–H and O–H groups in total. The first-order valence-corrected chi connectivity index (χ1v) is 11.7. The molecule has 1 aliphatic carbocycles. The Kier molecular flexibility index (Phi) is 6.12. The summed E-state index contributed by atoms with van der Waals surface area (Å²) < 4.78 is 40.1. The van der Waals surface area contributed by atoms with Crippen LogP contribution in [0.3, 0.4) is 0 Å². The predicted molar refractivity (Wildman–Crippen MR) is 111 cm³/mol. The van der Waals surface area contributed by atoms with Gasteiger partial charge >= 0.3 is 0 Å². The average molecular weight is 419 g/mol.